The molecular weight excluding hydrogens is 383 g/mol. The van der Waals surface area contributed by atoms with Crippen molar-refractivity contribution in [3.63, 3.8) is 0 Å². The van der Waals surface area contributed by atoms with Crippen molar-refractivity contribution in [1.82, 2.24) is 19.7 Å². The van der Waals surface area contributed by atoms with Crippen molar-refractivity contribution in [2.24, 2.45) is 0 Å². The predicted octanol–water partition coefficient (Wildman–Crippen LogP) is 3.40. The molecule has 0 bridgehead atoms. The smallest absolute Gasteiger partial charge is 0.339 e. The quantitative estimate of drug-likeness (QED) is 0.719. The van der Waals surface area contributed by atoms with Gasteiger partial charge in [-0.1, -0.05) is 35.9 Å². The zero-order valence-electron chi connectivity index (χ0n) is 17.2. The van der Waals surface area contributed by atoms with Crippen LogP contribution in [0.4, 0.5) is 4.39 Å². The SMILES string of the molecule is Cc1ccc(Cn2c(C3CCN(C(=O)c4ccc(C)c(F)c4)CC3)n[nH]c2=O)cc1. The molecule has 1 saturated heterocycles. The van der Waals surface area contributed by atoms with Crippen molar-refractivity contribution in [3.05, 3.63) is 86.8 Å². The molecule has 0 unspecified atom stereocenters. The Morgan fingerprint density at radius 2 is 1.83 bits per heavy atom. The minimum absolute atomic E-state index is 0.0909. The number of aromatic amines is 1. The lowest BCUT2D eigenvalue weighted by atomic mass is 9.95. The van der Waals surface area contributed by atoms with E-state index < -0.39 is 0 Å². The lowest BCUT2D eigenvalue weighted by Gasteiger charge is -2.31. The molecule has 0 saturated carbocycles. The van der Waals surface area contributed by atoms with Crippen LogP contribution in [-0.4, -0.2) is 38.7 Å². The average Bonchev–Trinajstić information content (AvgIpc) is 3.11. The number of likely N-dealkylation sites (tertiary alicyclic amines) is 1. The topological polar surface area (TPSA) is 71.0 Å². The van der Waals surface area contributed by atoms with Crippen molar-refractivity contribution < 1.29 is 9.18 Å². The van der Waals surface area contributed by atoms with Gasteiger partial charge >= 0.3 is 5.69 Å². The summed E-state index contributed by atoms with van der Waals surface area (Å²) in [5.74, 6) is 0.293. The van der Waals surface area contributed by atoms with Crippen LogP contribution >= 0.6 is 0 Å². The molecule has 2 heterocycles. The van der Waals surface area contributed by atoms with Crippen LogP contribution in [0, 0.1) is 19.7 Å². The number of aryl methyl sites for hydroxylation is 2. The Kier molecular flexibility index (Phi) is 5.53. The van der Waals surface area contributed by atoms with Gasteiger partial charge in [0.25, 0.3) is 5.91 Å². The van der Waals surface area contributed by atoms with E-state index in [2.05, 4.69) is 10.2 Å². The van der Waals surface area contributed by atoms with Gasteiger partial charge in [0.1, 0.15) is 11.6 Å². The fourth-order valence-corrected chi connectivity index (χ4v) is 3.92. The standard InChI is InChI=1S/C23H25FN4O2/c1-15-3-6-17(7-4-15)14-28-21(25-26-23(28)30)18-9-11-27(12-10-18)22(29)19-8-5-16(2)20(24)13-19/h3-8,13,18H,9-12,14H2,1-2H3,(H,26,30). The molecule has 1 aliphatic rings. The molecular formula is C23H25FN4O2. The van der Waals surface area contributed by atoms with Gasteiger partial charge in [0.15, 0.2) is 0 Å². The lowest BCUT2D eigenvalue weighted by Crippen LogP contribution is -2.38. The van der Waals surface area contributed by atoms with E-state index in [1.54, 1.807) is 28.5 Å². The largest absolute Gasteiger partial charge is 0.343 e. The molecule has 1 aromatic heterocycles. The second kappa shape index (κ2) is 8.26. The summed E-state index contributed by atoms with van der Waals surface area (Å²) in [5, 5.41) is 6.85. The second-order valence-corrected chi connectivity index (χ2v) is 7.99. The van der Waals surface area contributed by atoms with E-state index in [9.17, 15) is 14.0 Å². The van der Waals surface area contributed by atoms with Crippen LogP contribution in [0.25, 0.3) is 0 Å². The number of carbonyl (C=O) groups is 1. The number of amides is 1. The monoisotopic (exact) mass is 408 g/mol. The van der Waals surface area contributed by atoms with Gasteiger partial charge in [-0.05, 0) is 49.9 Å². The molecule has 6 nitrogen and oxygen atoms in total. The Balaban J connectivity index is 1.45. The summed E-state index contributed by atoms with van der Waals surface area (Å²) in [6, 6.07) is 12.7. The number of nitrogens with one attached hydrogen (secondary N) is 1. The molecule has 0 atom stereocenters. The highest BCUT2D eigenvalue weighted by Gasteiger charge is 2.28. The molecule has 3 aromatic rings. The lowest BCUT2D eigenvalue weighted by molar-refractivity contribution is 0.0709. The Hall–Kier alpha value is -3.22. The number of benzene rings is 2. The Morgan fingerprint density at radius 3 is 2.50 bits per heavy atom. The van der Waals surface area contributed by atoms with Crippen molar-refractivity contribution in [3.8, 4) is 0 Å². The first-order valence-electron chi connectivity index (χ1n) is 10.2. The number of nitrogens with zero attached hydrogens (tertiary/aromatic N) is 3. The fraction of sp³-hybridized carbons (Fsp3) is 0.348. The number of rotatable bonds is 4. The zero-order valence-corrected chi connectivity index (χ0v) is 17.2. The summed E-state index contributed by atoms with van der Waals surface area (Å²) >= 11 is 0. The number of hydrogen-bond acceptors (Lipinski definition) is 3. The molecule has 0 aliphatic carbocycles. The average molecular weight is 408 g/mol. The highest BCUT2D eigenvalue weighted by atomic mass is 19.1. The third-order valence-electron chi connectivity index (χ3n) is 5.82. The van der Waals surface area contributed by atoms with Gasteiger partial charge in [-0.25, -0.2) is 14.3 Å². The third-order valence-corrected chi connectivity index (χ3v) is 5.82. The van der Waals surface area contributed by atoms with Crippen LogP contribution in [0.1, 0.15) is 51.6 Å². The van der Waals surface area contributed by atoms with Crippen LogP contribution < -0.4 is 5.69 Å². The van der Waals surface area contributed by atoms with Crippen LogP contribution in [0.2, 0.25) is 0 Å². The number of halogens is 1. The van der Waals surface area contributed by atoms with E-state index in [1.807, 2.05) is 31.2 Å². The van der Waals surface area contributed by atoms with E-state index in [4.69, 9.17) is 0 Å². The van der Waals surface area contributed by atoms with Gasteiger partial charge in [0, 0.05) is 24.6 Å². The number of H-pyrrole nitrogens is 1. The van der Waals surface area contributed by atoms with E-state index in [1.165, 1.54) is 11.6 Å². The third kappa shape index (κ3) is 4.06. The van der Waals surface area contributed by atoms with Gasteiger partial charge in [-0.2, -0.15) is 5.10 Å². The molecule has 1 amide bonds. The van der Waals surface area contributed by atoms with Gasteiger partial charge in [-0.3, -0.25) is 9.36 Å². The normalized spacial score (nSPS) is 14.8. The molecule has 0 spiro atoms. The summed E-state index contributed by atoms with van der Waals surface area (Å²) in [6.45, 7) is 5.26. The molecule has 30 heavy (non-hydrogen) atoms. The molecule has 156 valence electrons. The summed E-state index contributed by atoms with van der Waals surface area (Å²) in [5.41, 5.74) is 2.88. The highest BCUT2D eigenvalue weighted by molar-refractivity contribution is 5.94. The van der Waals surface area contributed by atoms with E-state index in [0.717, 1.165) is 11.4 Å². The maximum absolute atomic E-state index is 13.8. The minimum atomic E-state index is -0.368. The van der Waals surface area contributed by atoms with Crippen molar-refractivity contribution in [2.45, 2.75) is 39.2 Å². The first kappa shape index (κ1) is 20.1. The van der Waals surface area contributed by atoms with Gasteiger partial charge in [-0.15, -0.1) is 0 Å². The minimum Gasteiger partial charge on any atom is -0.339 e. The molecule has 4 rings (SSSR count). The predicted molar refractivity (Wildman–Crippen MR) is 112 cm³/mol. The zero-order chi connectivity index (χ0) is 21.3. The number of carbonyl (C=O) groups excluding carboxylic acids is 1. The van der Waals surface area contributed by atoms with Crippen LogP contribution in [0.5, 0.6) is 0 Å². The van der Waals surface area contributed by atoms with Crippen LogP contribution in [0.3, 0.4) is 0 Å². The van der Waals surface area contributed by atoms with Crippen molar-refractivity contribution >= 4 is 5.91 Å². The Labute approximate surface area is 174 Å². The van der Waals surface area contributed by atoms with Crippen LogP contribution in [-0.2, 0) is 6.54 Å². The van der Waals surface area contributed by atoms with E-state index >= 15 is 0 Å². The number of aromatic nitrogens is 3. The molecule has 1 fully saturated rings. The molecule has 1 aliphatic heterocycles. The summed E-state index contributed by atoms with van der Waals surface area (Å²) in [4.78, 5) is 26.8. The first-order chi connectivity index (χ1) is 14.4. The summed E-state index contributed by atoms with van der Waals surface area (Å²) in [6.07, 6.45) is 1.41. The van der Waals surface area contributed by atoms with E-state index in [-0.39, 0.29) is 23.3 Å². The van der Waals surface area contributed by atoms with Crippen molar-refractivity contribution in [1.29, 1.82) is 0 Å². The van der Waals surface area contributed by atoms with Crippen molar-refractivity contribution in [2.75, 3.05) is 13.1 Å². The maximum atomic E-state index is 13.8. The molecule has 7 heteroatoms. The Bertz CT molecular complexity index is 1110. The van der Waals surface area contributed by atoms with E-state index in [0.29, 0.717) is 43.6 Å². The Morgan fingerprint density at radius 1 is 1.13 bits per heavy atom. The van der Waals surface area contributed by atoms with Gasteiger partial charge in [0.2, 0.25) is 0 Å². The molecule has 0 radical (unpaired) electrons. The fourth-order valence-electron chi connectivity index (χ4n) is 3.92. The van der Waals surface area contributed by atoms with Gasteiger partial charge < -0.3 is 4.90 Å². The molecule has 1 N–H and O–H groups in total. The van der Waals surface area contributed by atoms with Crippen LogP contribution in [0.15, 0.2) is 47.3 Å². The highest BCUT2D eigenvalue weighted by Crippen LogP contribution is 2.27. The summed E-state index contributed by atoms with van der Waals surface area (Å²) in [7, 11) is 0. The number of hydrogen-bond donors (Lipinski definition) is 1. The first-order valence-corrected chi connectivity index (χ1v) is 10.2. The second-order valence-electron chi connectivity index (χ2n) is 7.99. The maximum Gasteiger partial charge on any atom is 0.343 e. The number of piperidine rings is 1. The molecule has 2 aromatic carbocycles. The van der Waals surface area contributed by atoms with Gasteiger partial charge in [0.05, 0.1) is 6.54 Å². The summed E-state index contributed by atoms with van der Waals surface area (Å²) < 4.78 is 15.5.